The number of hydrogen-bond donors (Lipinski definition) is 0. The Balaban J connectivity index is 0.00000150. The molecular weight excluding hydrogens is 490 g/mol. The van der Waals surface area contributed by atoms with Crippen LogP contribution in [0.15, 0.2) is 80.7 Å². The Morgan fingerprint density at radius 2 is 1.41 bits per heavy atom. The molecule has 0 N–H and O–H groups in total. The van der Waals surface area contributed by atoms with Crippen molar-refractivity contribution < 1.29 is 18.9 Å². The van der Waals surface area contributed by atoms with Gasteiger partial charge in [0, 0.05) is 0 Å². The first-order valence-corrected chi connectivity index (χ1v) is 21.0. The summed E-state index contributed by atoms with van der Waals surface area (Å²) in [6, 6.07) is 20.1. The molecule has 2 aliphatic rings. The van der Waals surface area contributed by atoms with Crippen LogP contribution in [0.2, 0.25) is 4.63 Å². The number of allylic oxidation sites excluding steroid dienone is 5. The first-order valence-electron chi connectivity index (χ1n) is 9.95. The summed E-state index contributed by atoms with van der Waals surface area (Å²) in [4.78, 5) is 0. The van der Waals surface area contributed by atoms with Crippen molar-refractivity contribution in [2.75, 3.05) is 0 Å². The summed E-state index contributed by atoms with van der Waals surface area (Å²) in [6.45, 7) is 11.9. The third kappa shape index (κ3) is 3.99. The van der Waals surface area contributed by atoms with Crippen molar-refractivity contribution in [1.82, 2.24) is 0 Å². The quantitative estimate of drug-likeness (QED) is 0.381. The molecule has 0 aromatic heterocycles. The topological polar surface area (TPSA) is 0 Å². The van der Waals surface area contributed by atoms with Gasteiger partial charge < -0.3 is 0 Å². The first-order chi connectivity index (χ1) is 12.8. The molecule has 3 atom stereocenters. The minimum Gasteiger partial charge on any atom is -0.147 e. The van der Waals surface area contributed by atoms with Gasteiger partial charge in [-0.05, 0) is 0 Å². The van der Waals surface area contributed by atoms with Gasteiger partial charge in [0.15, 0.2) is 0 Å². The molecule has 0 saturated heterocycles. The molecule has 2 aromatic rings. The van der Waals surface area contributed by atoms with E-state index in [2.05, 4.69) is 99.9 Å². The summed E-state index contributed by atoms with van der Waals surface area (Å²) < 4.78 is 5.12. The van der Waals surface area contributed by atoms with Crippen molar-refractivity contribution in [3.05, 3.63) is 97.4 Å². The number of halogens is 2. The van der Waals surface area contributed by atoms with Crippen molar-refractivity contribution in [1.29, 1.82) is 0 Å². The normalized spacial score (nSPS) is 22.4. The van der Waals surface area contributed by atoms with Crippen LogP contribution in [0, 0.1) is 5.92 Å². The van der Waals surface area contributed by atoms with E-state index in [1.807, 2.05) is 3.28 Å². The average molecular weight is 522 g/mol. The zero-order valence-corrected chi connectivity index (χ0v) is 23.5. The molecule has 4 rings (SSSR count). The maximum atomic E-state index is 2.67. The van der Waals surface area contributed by atoms with Gasteiger partial charge in [0.05, 0.1) is 0 Å². The Labute approximate surface area is 194 Å². The standard InChI is InChI=1S/C15H11.C9H13.CH3.2ClH.H2Si.Zr/c1-2-6-12(7-3-1)15-11-10-13-8-4-5-9-14(13)15;1-6-5-7(2)9(4)8(6)3;;;;;/h1-11H;6H,1-4H3;1H3;2*1H;1H2;. The Morgan fingerprint density at radius 1 is 0.828 bits per heavy atom. The van der Waals surface area contributed by atoms with Gasteiger partial charge in [0.1, 0.15) is 0 Å². The minimum atomic E-state index is -2.60. The van der Waals surface area contributed by atoms with Gasteiger partial charge in [-0.15, -0.1) is 24.8 Å². The van der Waals surface area contributed by atoms with Gasteiger partial charge in [-0.1, -0.05) is 0 Å². The molecule has 0 spiro atoms. The number of benzene rings is 2. The van der Waals surface area contributed by atoms with E-state index < -0.39 is 18.9 Å². The van der Waals surface area contributed by atoms with Crippen LogP contribution < -0.4 is 0 Å². The summed E-state index contributed by atoms with van der Waals surface area (Å²) in [6.07, 6.45) is 2.62. The SMILES string of the molecule is CC1=C(C)C(C)[C]([Zr]([CH3])(=[SiH2])[CH]2C=C(c3ccccc3)c3ccccc32)=C1C.Cl.Cl. The zero-order chi connectivity index (χ0) is 19.3. The van der Waals surface area contributed by atoms with Crippen LogP contribution in [0.1, 0.15) is 48.0 Å². The van der Waals surface area contributed by atoms with E-state index in [0.717, 1.165) is 0 Å². The van der Waals surface area contributed by atoms with Crippen molar-refractivity contribution in [2.45, 2.75) is 36.0 Å². The van der Waals surface area contributed by atoms with Gasteiger partial charge >= 0.3 is 171 Å². The molecule has 0 fully saturated rings. The van der Waals surface area contributed by atoms with E-state index in [1.165, 1.54) is 16.7 Å². The molecule has 0 amide bonds. The van der Waals surface area contributed by atoms with Gasteiger partial charge in [-0.2, -0.15) is 0 Å². The minimum absolute atomic E-state index is 0. The predicted octanol–water partition coefficient (Wildman–Crippen LogP) is 7.03. The molecular formula is C25H31Cl2SiZr. The van der Waals surface area contributed by atoms with Gasteiger partial charge in [0.25, 0.3) is 0 Å². The fraction of sp³-hybridized carbons (Fsp3) is 0.280. The van der Waals surface area contributed by atoms with Gasteiger partial charge in [-0.3, -0.25) is 0 Å². The molecule has 4 heteroatoms. The van der Waals surface area contributed by atoms with Gasteiger partial charge in [0.2, 0.25) is 0 Å². The van der Waals surface area contributed by atoms with Crippen LogP contribution in [-0.4, -0.2) is 6.88 Å². The largest absolute Gasteiger partial charge is 0.147 e. The van der Waals surface area contributed by atoms with E-state index in [9.17, 15) is 0 Å². The van der Waals surface area contributed by atoms with Crippen LogP contribution in [0.3, 0.4) is 0 Å². The van der Waals surface area contributed by atoms with E-state index in [0.29, 0.717) is 9.54 Å². The smallest absolute Gasteiger partial charge is 0.147 e. The Kier molecular flexibility index (Phi) is 7.83. The van der Waals surface area contributed by atoms with E-state index in [4.69, 9.17) is 0 Å². The third-order valence-electron chi connectivity index (χ3n) is 6.95. The molecule has 0 aliphatic heterocycles. The summed E-state index contributed by atoms with van der Waals surface area (Å²) in [5.74, 6) is 0.629. The maximum absolute atomic E-state index is 2.67. The molecule has 2 aliphatic carbocycles. The third-order valence-corrected chi connectivity index (χ3v) is 21.4. The second-order valence-electron chi connectivity index (χ2n) is 8.50. The van der Waals surface area contributed by atoms with Crippen molar-refractivity contribution in [2.24, 2.45) is 5.92 Å². The molecule has 153 valence electrons. The van der Waals surface area contributed by atoms with Crippen LogP contribution in [0.4, 0.5) is 0 Å². The molecule has 2 aromatic carbocycles. The molecule has 29 heavy (non-hydrogen) atoms. The first kappa shape index (κ1) is 24.6. The van der Waals surface area contributed by atoms with Crippen molar-refractivity contribution in [3.63, 3.8) is 0 Å². The van der Waals surface area contributed by atoms with Crippen LogP contribution in [-0.2, 0) is 18.9 Å². The predicted molar refractivity (Wildman–Crippen MR) is 132 cm³/mol. The second-order valence-corrected chi connectivity index (χ2v) is 27.0. The van der Waals surface area contributed by atoms with Crippen LogP contribution >= 0.6 is 24.8 Å². The summed E-state index contributed by atoms with van der Waals surface area (Å²) in [7, 11) is 0. The Morgan fingerprint density at radius 3 is 2.00 bits per heavy atom. The number of rotatable bonds is 3. The molecule has 0 radical (unpaired) electrons. The van der Waals surface area contributed by atoms with Crippen molar-refractivity contribution >= 4 is 37.3 Å². The van der Waals surface area contributed by atoms with Crippen LogP contribution in [0.5, 0.6) is 0 Å². The van der Waals surface area contributed by atoms with E-state index in [1.54, 1.807) is 22.3 Å². The second kappa shape index (κ2) is 9.23. The van der Waals surface area contributed by atoms with E-state index >= 15 is 0 Å². The summed E-state index contributed by atoms with van der Waals surface area (Å²) >= 11 is -2.60. The molecule has 0 saturated carbocycles. The fourth-order valence-corrected chi connectivity index (χ4v) is 20.6. The van der Waals surface area contributed by atoms with Gasteiger partial charge in [-0.25, -0.2) is 0 Å². The summed E-state index contributed by atoms with van der Waals surface area (Å²) in [5, 5.41) is 0. The van der Waals surface area contributed by atoms with Crippen molar-refractivity contribution in [3.8, 4) is 0 Å². The molecule has 0 nitrogen and oxygen atoms in total. The Hall–Kier alpha value is -0.660. The number of hydrogen-bond acceptors (Lipinski definition) is 0. The molecule has 0 bridgehead atoms. The molecule has 0 heterocycles. The van der Waals surface area contributed by atoms with E-state index in [-0.39, 0.29) is 24.8 Å². The Bertz CT molecular complexity index is 1060. The zero-order valence-electron chi connectivity index (χ0n) is 18.0. The average Bonchev–Trinajstić information content (AvgIpc) is 3.15. The molecule has 3 unspecified atom stereocenters. The maximum Gasteiger partial charge on any atom is -0.147 e. The fourth-order valence-electron chi connectivity index (χ4n) is 5.21. The summed E-state index contributed by atoms with van der Waals surface area (Å²) in [5.41, 5.74) is 10.6. The number of fused-ring (bicyclic) bond motifs is 1. The monoisotopic (exact) mass is 519 g/mol. The van der Waals surface area contributed by atoms with Crippen LogP contribution in [0.25, 0.3) is 5.57 Å².